The highest BCUT2D eigenvalue weighted by Gasteiger charge is 2.45. The van der Waals surface area contributed by atoms with E-state index in [-0.39, 0.29) is 12.7 Å². The van der Waals surface area contributed by atoms with Gasteiger partial charge >= 0.3 is 0 Å². The summed E-state index contributed by atoms with van der Waals surface area (Å²) in [7, 11) is -0.322. The van der Waals surface area contributed by atoms with E-state index in [4.69, 9.17) is 18.6 Å². The zero-order valence-electron chi connectivity index (χ0n) is 21.3. The summed E-state index contributed by atoms with van der Waals surface area (Å²) in [5.41, 5.74) is 2.62. The Kier molecular flexibility index (Phi) is 13.4. The molecule has 2 atom stereocenters. The van der Waals surface area contributed by atoms with Crippen LogP contribution < -0.4 is 4.74 Å². The van der Waals surface area contributed by atoms with Crippen molar-refractivity contribution in [1.29, 1.82) is 0 Å². The highest BCUT2D eigenvalue weighted by Crippen LogP contribution is 2.42. The summed E-state index contributed by atoms with van der Waals surface area (Å²) in [4.78, 5) is 0. The van der Waals surface area contributed by atoms with E-state index < -0.39 is 14.4 Å². The molecule has 0 spiro atoms. The molecule has 5 nitrogen and oxygen atoms in total. The molecule has 184 valence electrons. The van der Waals surface area contributed by atoms with E-state index in [1.165, 1.54) is 0 Å². The molecule has 32 heavy (non-hydrogen) atoms. The van der Waals surface area contributed by atoms with Crippen molar-refractivity contribution in [1.82, 2.24) is 0 Å². The fraction of sp³-hybridized carbons (Fsp3) is 0.692. The zero-order valence-corrected chi connectivity index (χ0v) is 22.3. The van der Waals surface area contributed by atoms with Crippen molar-refractivity contribution in [2.24, 2.45) is 5.92 Å². The fourth-order valence-electron chi connectivity index (χ4n) is 4.74. The Balaban J connectivity index is 2.55. The molecule has 6 heteroatoms. The molecule has 1 aromatic rings. The van der Waals surface area contributed by atoms with Gasteiger partial charge in [0, 0.05) is 19.1 Å². The van der Waals surface area contributed by atoms with Gasteiger partial charge in [0.1, 0.15) is 12.5 Å². The number of aliphatic hydroxyl groups is 1. The molecule has 1 N–H and O–H groups in total. The highest BCUT2D eigenvalue weighted by molar-refractivity contribution is 6.77. The van der Waals surface area contributed by atoms with Crippen LogP contribution in [-0.4, -0.2) is 46.6 Å². The van der Waals surface area contributed by atoms with Crippen molar-refractivity contribution in [3.63, 3.8) is 0 Å². The first-order chi connectivity index (χ1) is 15.2. The van der Waals surface area contributed by atoms with Crippen LogP contribution in [0.2, 0.25) is 16.6 Å². The molecule has 1 aromatic carbocycles. The minimum atomic E-state index is -1.98. The number of aliphatic hydroxyl groups excluding tert-OH is 1. The second-order valence-electron chi connectivity index (χ2n) is 9.49. The van der Waals surface area contributed by atoms with E-state index in [2.05, 4.69) is 48.1 Å². The van der Waals surface area contributed by atoms with Crippen LogP contribution in [0.1, 0.15) is 59.9 Å². The van der Waals surface area contributed by atoms with Crippen LogP contribution in [0.3, 0.4) is 0 Å². The molecule has 0 aliphatic heterocycles. The van der Waals surface area contributed by atoms with Crippen molar-refractivity contribution in [2.45, 2.75) is 83.7 Å². The van der Waals surface area contributed by atoms with Gasteiger partial charge in [-0.2, -0.15) is 0 Å². The Bertz CT molecular complexity index is 608. The van der Waals surface area contributed by atoms with Crippen LogP contribution in [0.25, 0.3) is 0 Å². The van der Waals surface area contributed by atoms with E-state index in [9.17, 15) is 5.11 Å². The Hall–Kier alpha value is -1.18. The van der Waals surface area contributed by atoms with Gasteiger partial charge in [-0.05, 0) is 47.2 Å². The maximum Gasteiger partial charge on any atom is 0.200 e. The molecule has 0 heterocycles. The van der Waals surface area contributed by atoms with Gasteiger partial charge < -0.3 is 23.7 Å². The van der Waals surface area contributed by atoms with Gasteiger partial charge in [-0.3, -0.25) is 0 Å². The van der Waals surface area contributed by atoms with E-state index in [0.29, 0.717) is 42.9 Å². The van der Waals surface area contributed by atoms with E-state index in [0.717, 1.165) is 17.7 Å². The molecule has 0 unspecified atom stereocenters. The largest absolute Gasteiger partial charge is 0.497 e. The molecule has 0 aliphatic rings. The molecule has 0 fully saturated rings. The predicted octanol–water partition coefficient (Wildman–Crippen LogP) is 6.32. The molecule has 0 amide bonds. The number of benzene rings is 1. The molecule has 0 radical (unpaired) electrons. The van der Waals surface area contributed by atoms with Crippen molar-refractivity contribution in [3.05, 3.63) is 42.5 Å². The lowest BCUT2D eigenvalue weighted by Gasteiger charge is -2.43. The Morgan fingerprint density at radius 1 is 0.969 bits per heavy atom. The molecular formula is C26H46O5Si. The standard InChI is InChI=1S/C26H46O5Si/c1-9-10-26(27)24(18-31-32(20(2)3,21(4)5)22(6)7)15-16-29-19-30-17-23-11-13-25(28-8)14-12-23/h9,11-14,20-22,24,26-27H,1,10,15-19H2,2-8H3/t24-,26-/m1/s1. The summed E-state index contributed by atoms with van der Waals surface area (Å²) >= 11 is 0. The third kappa shape index (κ3) is 8.63. The lowest BCUT2D eigenvalue weighted by molar-refractivity contribution is -0.0697. The smallest absolute Gasteiger partial charge is 0.200 e. The number of rotatable bonds is 17. The molecule has 0 aromatic heterocycles. The first kappa shape index (κ1) is 28.8. The topological polar surface area (TPSA) is 57.2 Å². The minimum Gasteiger partial charge on any atom is -0.497 e. The Morgan fingerprint density at radius 2 is 1.56 bits per heavy atom. The number of methoxy groups -OCH3 is 1. The van der Waals surface area contributed by atoms with E-state index in [1.807, 2.05) is 24.3 Å². The Morgan fingerprint density at radius 3 is 2.06 bits per heavy atom. The van der Waals surface area contributed by atoms with Crippen molar-refractivity contribution >= 4 is 8.32 Å². The molecule has 0 saturated carbocycles. The average Bonchev–Trinajstić information content (AvgIpc) is 2.74. The van der Waals surface area contributed by atoms with E-state index in [1.54, 1.807) is 13.2 Å². The second kappa shape index (κ2) is 14.9. The summed E-state index contributed by atoms with van der Waals surface area (Å²) < 4.78 is 23.2. The van der Waals surface area contributed by atoms with Gasteiger partial charge in [0.2, 0.25) is 0 Å². The van der Waals surface area contributed by atoms with Crippen LogP contribution >= 0.6 is 0 Å². The third-order valence-corrected chi connectivity index (χ3v) is 12.5. The summed E-state index contributed by atoms with van der Waals surface area (Å²) in [6.45, 7) is 19.3. The number of hydrogen-bond donors (Lipinski definition) is 1. The second-order valence-corrected chi connectivity index (χ2v) is 15.0. The highest BCUT2D eigenvalue weighted by atomic mass is 28.4. The van der Waals surface area contributed by atoms with E-state index >= 15 is 0 Å². The monoisotopic (exact) mass is 466 g/mol. The lowest BCUT2D eigenvalue weighted by Crippen LogP contribution is -2.49. The summed E-state index contributed by atoms with van der Waals surface area (Å²) in [5.74, 6) is 0.841. The zero-order chi connectivity index (χ0) is 24.1. The fourth-order valence-corrected chi connectivity index (χ4v) is 10.2. The molecule has 0 bridgehead atoms. The van der Waals surface area contributed by atoms with Crippen LogP contribution in [0.15, 0.2) is 36.9 Å². The maximum absolute atomic E-state index is 10.7. The van der Waals surface area contributed by atoms with Gasteiger partial charge in [-0.1, -0.05) is 59.8 Å². The summed E-state index contributed by atoms with van der Waals surface area (Å²) in [6.07, 6.45) is 2.57. The SMILES string of the molecule is C=CC[C@@H](O)[C@H](CCOCOCc1ccc(OC)cc1)CO[Si](C(C)C)(C(C)C)C(C)C. The first-order valence-corrected chi connectivity index (χ1v) is 14.0. The molecule has 0 aliphatic carbocycles. The normalized spacial score (nSPS) is 14.2. The van der Waals surface area contributed by atoms with Gasteiger partial charge in [-0.25, -0.2) is 0 Å². The first-order valence-electron chi connectivity index (χ1n) is 11.9. The third-order valence-electron chi connectivity index (χ3n) is 6.43. The summed E-state index contributed by atoms with van der Waals surface area (Å²) in [5, 5.41) is 10.7. The van der Waals surface area contributed by atoms with Crippen molar-refractivity contribution < 1.29 is 23.7 Å². The van der Waals surface area contributed by atoms with Crippen molar-refractivity contribution in [3.8, 4) is 5.75 Å². The maximum atomic E-state index is 10.7. The van der Waals surface area contributed by atoms with Gasteiger partial charge in [-0.15, -0.1) is 6.58 Å². The lowest BCUT2D eigenvalue weighted by atomic mass is 9.97. The minimum absolute atomic E-state index is 0.0118. The van der Waals surface area contributed by atoms with Crippen LogP contribution in [-0.2, 0) is 20.5 Å². The average molecular weight is 467 g/mol. The molecular weight excluding hydrogens is 420 g/mol. The van der Waals surface area contributed by atoms with Gasteiger partial charge in [0.25, 0.3) is 0 Å². The van der Waals surface area contributed by atoms with Crippen LogP contribution in [0, 0.1) is 5.92 Å². The number of ether oxygens (including phenoxy) is 3. The summed E-state index contributed by atoms with van der Waals surface area (Å²) in [6, 6.07) is 7.79. The number of hydrogen-bond acceptors (Lipinski definition) is 5. The predicted molar refractivity (Wildman–Crippen MR) is 135 cm³/mol. The van der Waals surface area contributed by atoms with Crippen LogP contribution in [0.4, 0.5) is 0 Å². The van der Waals surface area contributed by atoms with Crippen molar-refractivity contribution in [2.75, 3.05) is 27.1 Å². The molecule has 0 saturated heterocycles. The van der Waals surface area contributed by atoms with Crippen LogP contribution in [0.5, 0.6) is 5.75 Å². The quantitative estimate of drug-likeness (QED) is 0.126. The van der Waals surface area contributed by atoms with Gasteiger partial charge in [0.15, 0.2) is 8.32 Å². The molecule has 1 rings (SSSR count). The Labute approximate surface area is 197 Å². The van der Waals surface area contributed by atoms with Gasteiger partial charge in [0.05, 0.1) is 19.8 Å².